The van der Waals surface area contributed by atoms with Gasteiger partial charge in [0.25, 0.3) is 0 Å². The molecule has 2 atom stereocenters. The van der Waals surface area contributed by atoms with E-state index in [0.29, 0.717) is 11.3 Å². The van der Waals surface area contributed by atoms with Crippen molar-refractivity contribution in [3.63, 3.8) is 0 Å². The summed E-state index contributed by atoms with van der Waals surface area (Å²) in [5, 5.41) is 0.611. The Morgan fingerprint density at radius 2 is 1.82 bits per heavy atom. The molecule has 0 amide bonds. The maximum Gasteiger partial charge on any atom is 0.0246 e. The maximum atomic E-state index is 6.27. The molecule has 17 heavy (non-hydrogen) atoms. The van der Waals surface area contributed by atoms with Crippen LogP contribution in [0.15, 0.2) is 23.1 Å². The van der Waals surface area contributed by atoms with E-state index in [2.05, 4.69) is 32.0 Å². The minimum absolute atomic E-state index is 0.379. The molecule has 94 valence electrons. The van der Waals surface area contributed by atoms with Crippen molar-refractivity contribution in [1.29, 1.82) is 0 Å². The van der Waals surface area contributed by atoms with E-state index in [4.69, 9.17) is 5.73 Å². The monoisotopic (exact) mass is 249 g/mol. The Bertz CT molecular complexity index is 375. The van der Waals surface area contributed by atoms with Gasteiger partial charge in [0, 0.05) is 16.2 Å². The zero-order chi connectivity index (χ0) is 12.3. The fourth-order valence-corrected chi connectivity index (χ4v) is 3.75. The second-order valence-electron chi connectivity index (χ2n) is 5.20. The molecule has 1 fully saturated rings. The van der Waals surface area contributed by atoms with Crippen LogP contribution in [0.1, 0.15) is 43.2 Å². The van der Waals surface area contributed by atoms with Crippen molar-refractivity contribution >= 4 is 11.8 Å². The van der Waals surface area contributed by atoms with Crippen LogP contribution in [0.3, 0.4) is 0 Å². The standard InChI is InChI=1S/C15H23NS/c1-11-8-9-13(10-12(11)2)17-15-7-5-3-4-6-14(15)16/h8-10,14-15H,3-7,16H2,1-2H3. The molecule has 1 aliphatic rings. The molecule has 1 nitrogen and oxygen atoms in total. The Balaban J connectivity index is 2.05. The lowest BCUT2D eigenvalue weighted by Crippen LogP contribution is -2.31. The molecule has 0 heterocycles. The smallest absolute Gasteiger partial charge is 0.0246 e. The summed E-state index contributed by atoms with van der Waals surface area (Å²) in [5.74, 6) is 0. The van der Waals surface area contributed by atoms with Crippen LogP contribution in [0.2, 0.25) is 0 Å². The highest BCUT2D eigenvalue weighted by Gasteiger charge is 2.21. The summed E-state index contributed by atoms with van der Waals surface area (Å²) in [5.41, 5.74) is 9.03. The Morgan fingerprint density at radius 3 is 2.59 bits per heavy atom. The first-order valence-electron chi connectivity index (χ1n) is 6.66. The first-order valence-corrected chi connectivity index (χ1v) is 7.54. The van der Waals surface area contributed by atoms with Crippen molar-refractivity contribution < 1.29 is 0 Å². The van der Waals surface area contributed by atoms with Crippen molar-refractivity contribution in [2.24, 2.45) is 5.73 Å². The molecule has 1 aliphatic carbocycles. The molecule has 1 saturated carbocycles. The lowest BCUT2D eigenvalue weighted by Gasteiger charge is -2.21. The average Bonchev–Trinajstić information content (AvgIpc) is 2.50. The predicted octanol–water partition coefficient (Wildman–Crippen LogP) is 4.06. The summed E-state index contributed by atoms with van der Waals surface area (Å²) in [4.78, 5) is 1.38. The largest absolute Gasteiger partial charge is 0.327 e. The van der Waals surface area contributed by atoms with Gasteiger partial charge in [0.15, 0.2) is 0 Å². The minimum Gasteiger partial charge on any atom is -0.327 e. The molecule has 2 unspecified atom stereocenters. The Labute approximate surface area is 109 Å². The number of benzene rings is 1. The lowest BCUT2D eigenvalue weighted by atomic mass is 10.1. The topological polar surface area (TPSA) is 26.0 Å². The van der Waals surface area contributed by atoms with E-state index in [1.807, 2.05) is 11.8 Å². The van der Waals surface area contributed by atoms with E-state index < -0.39 is 0 Å². The molecular weight excluding hydrogens is 226 g/mol. The zero-order valence-corrected chi connectivity index (χ0v) is 11.7. The molecule has 0 aliphatic heterocycles. The maximum absolute atomic E-state index is 6.27. The normalized spacial score (nSPS) is 25.6. The van der Waals surface area contributed by atoms with Gasteiger partial charge in [0.1, 0.15) is 0 Å². The summed E-state index contributed by atoms with van der Waals surface area (Å²) in [6.45, 7) is 4.35. The first kappa shape index (κ1) is 13.0. The van der Waals surface area contributed by atoms with Gasteiger partial charge >= 0.3 is 0 Å². The third-order valence-electron chi connectivity index (χ3n) is 3.77. The van der Waals surface area contributed by atoms with Gasteiger partial charge < -0.3 is 5.73 Å². The van der Waals surface area contributed by atoms with E-state index in [9.17, 15) is 0 Å². The zero-order valence-electron chi connectivity index (χ0n) is 10.9. The van der Waals surface area contributed by atoms with Crippen LogP contribution < -0.4 is 5.73 Å². The van der Waals surface area contributed by atoms with E-state index in [1.54, 1.807) is 0 Å². The summed E-state index contributed by atoms with van der Waals surface area (Å²) in [7, 11) is 0. The highest BCUT2D eigenvalue weighted by atomic mass is 32.2. The van der Waals surface area contributed by atoms with Gasteiger partial charge in [-0.1, -0.05) is 25.3 Å². The van der Waals surface area contributed by atoms with Crippen LogP contribution in [-0.2, 0) is 0 Å². The van der Waals surface area contributed by atoms with Crippen LogP contribution in [0.25, 0.3) is 0 Å². The Morgan fingerprint density at radius 1 is 1.06 bits per heavy atom. The summed E-state index contributed by atoms with van der Waals surface area (Å²) >= 11 is 1.98. The van der Waals surface area contributed by atoms with Gasteiger partial charge in [-0.05, 0) is 49.9 Å². The molecule has 2 rings (SSSR count). The van der Waals surface area contributed by atoms with Gasteiger partial charge in [0.2, 0.25) is 0 Å². The minimum atomic E-state index is 0.379. The van der Waals surface area contributed by atoms with Gasteiger partial charge in [-0.3, -0.25) is 0 Å². The molecule has 2 heteroatoms. The van der Waals surface area contributed by atoms with Gasteiger partial charge in [-0.15, -0.1) is 11.8 Å². The Kier molecular flexibility index (Phi) is 4.52. The van der Waals surface area contributed by atoms with Crippen LogP contribution in [0, 0.1) is 13.8 Å². The number of thioether (sulfide) groups is 1. The predicted molar refractivity (Wildman–Crippen MR) is 76.6 cm³/mol. The second kappa shape index (κ2) is 5.92. The molecule has 2 N–H and O–H groups in total. The number of nitrogens with two attached hydrogens (primary N) is 1. The number of aryl methyl sites for hydroxylation is 2. The number of rotatable bonds is 2. The van der Waals surface area contributed by atoms with Crippen LogP contribution >= 0.6 is 11.8 Å². The van der Waals surface area contributed by atoms with Crippen molar-refractivity contribution in [3.8, 4) is 0 Å². The lowest BCUT2D eigenvalue weighted by molar-refractivity contribution is 0.596. The van der Waals surface area contributed by atoms with Crippen molar-refractivity contribution in [2.75, 3.05) is 0 Å². The number of hydrogen-bond acceptors (Lipinski definition) is 2. The van der Waals surface area contributed by atoms with Crippen molar-refractivity contribution in [1.82, 2.24) is 0 Å². The summed E-state index contributed by atoms with van der Waals surface area (Å²) in [6.07, 6.45) is 6.49. The third kappa shape index (κ3) is 3.49. The van der Waals surface area contributed by atoms with E-state index >= 15 is 0 Å². The average molecular weight is 249 g/mol. The first-order chi connectivity index (χ1) is 8.16. The van der Waals surface area contributed by atoms with Gasteiger partial charge in [-0.2, -0.15) is 0 Å². The summed E-state index contributed by atoms with van der Waals surface area (Å²) in [6, 6.07) is 7.14. The fourth-order valence-electron chi connectivity index (χ4n) is 2.41. The van der Waals surface area contributed by atoms with E-state index in [-0.39, 0.29) is 0 Å². The van der Waals surface area contributed by atoms with Crippen LogP contribution in [0.5, 0.6) is 0 Å². The summed E-state index contributed by atoms with van der Waals surface area (Å²) < 4.78 is 0. The molecule has 0 saturated heterocycles. The molecule has 1 aromatic rings. The molecule has 0 aromatic heterocycles. The second-order valence-corrected chi connectivity index (χ2v) is 6.52. The van der Waals surface area contributed by atoms with Crippen LogP contribution in [-0.4, -0.2) is 11.3 Å². The highest BCUT2D eigenvalue weighted by molar-refractivity contribution is 8.00. The quantitative estimate of drug-likeness (QED) is 0.800. The molecule has 1 aromatic carbocycles. The molecule has 0 bridgehead atoms. The highest BCUT2D eigenvalue weighted by Crippen LogP contribution is 2.33. The van der Waals surface area contributed by atoms with Gasteiger partial charge in [0.05, 0.1) is 0 Å². The fraction of sp³-hybridized carbons (Fsp3) is 0.600. The molecule has 0 spiro atoms. The Hall–Kier alpha value is -0.470. The van der Waals surface area contributed by atoms with E-state index in [0.717, 1.165) is 0 Å². The van der Waals surface area contributed by atoms with Crippen molar-refractivity contribution in [3.05, 3.63) is 29.3 Å². The van der Waals surface area contributed by atoms with Gasteiger partial charge in [-0.25, -0.2) is 0 Å². The SMILES string of the molecule is Cc1ccc(SC2CCCCCC2N)cc1C. The van der Waals surface area contributed by atoms with E-state index in [1.165, 1.54) is 48.1 Å². The van der Waals surface area contributed by atoms with Crippen molar-refractivity contribution in [2.45, 2.75) is 62.1 Å². The molecular formula is C15H23NS. The van der Waals surface area contributed by atoms with Crippen LogP contribution in [0.4, 0.5) is 0 Å². The third-order valence-corrected chi connectivity index (χ3v) is 5.18. The molecule has 0 radical (unpaired) electrons. The number of hydrogen-bond donors (Lipinski definition) is 1.